The van der Waals surface area contributed by atoms with Crippen molar-refractivity contribution >= 4 is 16.9 Å². The summed E-state index contributed by atoms with van der Waals surface area (Å²) in [5.41, 5.74) is 1.27. The van der Waals surface area contributed by atoms with Gasteiger partial charge in [0.1, 0.15) is 0 Å². The minimum absolute atomic E-state index is 0.203. The Bertz CT molecular complexity index is 948. The molecule has 0 unspecified atom stereocenters. The van der Waals surface area contributed by atoms with Gasteiger partial charge in [0.15, 0.2) is 11.5 Å². The standard InChI is InChI=1S/C18H16N2O4/c1-12(21)24-17-8-14-15(9-16(17)23-2)19-11-20(18(14)22)10-13-6-4-3-5-7-13/h3-9,11H,10H2,1-2H3. The van der Waals surface area contributed by atoms with Gasteiger partial charge in [-0.3, -0.25) is 14.2 Å². The summed E-state index contributed by atoms with van der Waals surface area (Å²) < 4.78 is 11.8. The van der Waals surface area contributed by atoms with E-state index in [1.54, 1.807) is 6.07 Å². The number of carbonyl (C=O) groups is 1. The van der Waals surface area contributed by atoms with Crippen molar-refractivity contribution in [1.82, 2.24) is 9.55 Å². The molecular formula is C18H16N2O4. The Kier molecular flexibility index (Phi) is 4.29. The van der Waals surface area contributed by atoms with Crippen LogP contribution in [0.25, 0.3) is 10.9 Å². The Morgan fingerprint density at radius 3 is 2.58 bits per heavy atom. The van der Waals surface area contributed by atoms with E-state index < -0.39 is 5.97 Å². The zero-order valence-electron chi connectivity index (χ0n) is 13.4. The van der Waals surface area contributed by atoms with Gasteiger partial charge in [-0.1, -0.05) is 30.3 Å². The lowest BCUT2D eigenvalue weighted by molar-refractivity contribution is -0.132. The summed E-state index contributed by atoms with van der Waals surface area (Å²) in [6.07, 6.45) is 1.50. The van der Waals surface area contributed by atoms with Crippen LogP contribution in [-0.2, 0) is 11.3 Å². The van der Waals surface area contributed by atoms with Crippen molar-refractivity contribution in [2.24, 2.45) is 0 Å². The molecule has 6 nitrogen and oxygen atoms in total. The number of aromatic nitrogens is 2. The van der Waals surface area contributed by atoms with Gasteiger partial charge < -0.3 is 9.47 Å². The average Bonchev–Trinajstić information content (AvgIpc) is 2.58. The largest absolute Gasteiger partial charge is 0.493 e. The van der Waals surface area contributed by atoms with Crippen molar-refractivity contribution in [3.63, 3.8) is 0 Å². The zero-order chi connectivity index (χ0) is 17.1. The number of methoxy groups -OCH3 is 1. The van der Waals surface area contributed by atoms with Crippen LogP contribution in [0.3, 0.4) is 0 Å². The van der Waals surface area contributed by atoms with Gasteiger partial charge in [0.2, 0.25) is 0 Å². The first-order valence-electron chi connectivity index (χ1n) is 7.38. The molecule has 3 rings (SSSR count). The van der Waals surface area contributed by atoms with E-state index in [0.29, 0.717) is 23.2 Å². The molecule has 0 saturated carbocycles. The Hall–Kier alpha value is -3.15. The highest BCUT2D eigenvalue weighted by atomic mass is 16.6. The first kappa shape index (κ1) is 15.7. The van der Waals surface area contributed by atoms with Crippen LogP contribution in [0.4, 0.5) is 0 Å². The average molecular weight is 324 g/mol. The number of nitrogens with zero attached hydrogens (tertiary/aromatic N) is 2. The van der Waals surface area contributed by atoms with Gasteiger partial charge in [-0.15, -0.1) is 0 Å². The highest BCUT2D eigenvalue weighted by molar-refractivity contribution is 5.83. The summed E-state index contributed by atoms with van der Waals surface area (Å²) in [5.74, 6) is 0.0698. The molecule has 1 aromatic heterocycles. The molecule has 0 atom stereocenters. The minimum Gasteiger partial charge on any atom is -0.493 e. The Morgan fingerprint density at radius 1 is 1.17 bits per heavy atom. The lowest BCUT2D eigenvalue weighted by Crippen LogP contribution is -2.21. The summed E-state index contributed by atoms with van der Waals surface area (Å²) in [5, 5.41) is 0.366. The molecule has 0 amide bonds. The first-order valence-corrected chi connectivity index (χ1v) is 7.38. The zero-order valence-corrected chi connectivity index (χ0v) is 13.4. The van der Waals surface area contributed by atoms with E-state index in [9.17, 15) is 9.59 Å². The molecule has 6 heteroatoms. The molecule has 0 radical (unpaired) electrons. The quantitative estimate of drug-likeness (QED) is 0.544. The van der Waals surface area contributed by atoms with Crippen molar-refractivity contribution in [3.05, 3.63) is 64.7 Å². The number of rotatable bonds is 4. The molecule has 0 fully saturated rings. The van der Waals surface area contributed by atoms with E-state index in [2.05, 4.69) is 4.98 Å². The molecule has 1 heterocycles. The molecule has 24 heavy (non-hydrogen) atoms. The molecule has 0 spiro atoms. The summed E-state index contributed by atoms with van der Waals surface area (Å²) in [6, 6.07) is 12.7. The monoisotopic (exact) mass is 324 g/mol. The summed E-state index contributed by atoms with van der Waals surface area (Å²) in [4.78, 5) is 28.3. The Morgan fingerprint density at radius 2 is 1.92 bits per heavy atom. The number of esters is 1. The van der Waals surface area contributed by atoms with Crippen LogP contribution in [0.5, 0.6) is 11.5 Å². The number of hydrogen-bond acceptors (Lipinski definition) is 5. The summed E-state index contributed by atoms with van der Waals surface area (Å²) in [7, 11) is 1.46. The highest BCUT2D eigenvalue weighted by Crippen LogP contribution is 2.30. The van der Waals surface area contributed by atoms with E-state index >= 15 is 0 Å². The lowest BCUT2D eigenvalue weighted by atomic mass is 10.2. The molecular weight excluding hydrogens is 308 g/mol. The molecule has 0 aliphatic heterocycles. The van der Waals surface area contributed by atoms with Crippen LogP contribution in [0.2, 0.25) is 0 Å². The third kappa shape index (κ3) is 3.12. The van der Waals surface area contributed by atoms with Gasteiger partial charge in [-0.2, -0.15) is 0 Å². The molecule has 0 N–H and O–H groups in total. The van der Waals surface area contributed by atoms with Crippen LogP contribution in [0, 0.1) is 0 Å². The number of benzene rings is 2. The molecule has 0 saturated heterocycles. The molecule has 122 valence electrons. The SMILES string of the molecule is COc1cc2ncn(Cc3ccccc3)c(=O)c2cc1OC(C)=O. The second-order valence-electron chi connectivity index (χ2n) is 5.28. The fraction of sp³-hybridized carbons (Fsp3) is 0.167. The summed E-state index contributed by atoms with van der Waals surface area (Å²) >= 11 is 0. The van der Waals surface area contributed by atoms with Gasteiger partial charge in [0.05, 0.1) is 30.9 Å². The van der Waals surface area contributed by atoms with E-state index in [1.165, 1.54) is 31.0 Å². The van der Waals surface area contributed by atoms with Crippen molar-refractivity contribution in [2.75, 3.05) is 7.11 Å². The third-order valence-electron chi connectivity index (χ3n) is 3.56. The maximum absolute atomic E-state index is 12.7. The number of ether oxygens (including phenoxy) is 2. The van der Waals surface area contributed by atoms with E-state index in [-0.39, 0.29) is 11.3 Å². The molecule has 3 aromatic rings. The van der Waals surface area contributed by atoms with Crippen LogP contribution >= 0.6 is 0 Å². The summed E-state index contributed by atoms with van der Waals surface area (Å²) in [6.45, 7) is 1.71. The molecule has 0 aliphatic rings. The number of hydrogen-bond donors (Lipinski definition) is 0. The second-order valence-corrected chi connectivity index (χ2v) is 5.28. The van der Waals surface area contributed by atoms with Crippen molar-refractivity contribution in [1.29, 1.82) is 0 Å². The van der Waals surface area contributed by atoms with E-state index in [4.69, 9.17) is 9.47 Å². The van der Waals surface area contributed by atoms with Crippen LogP contribution in [0.15, 0.2) is 53.6 Å². The predicted molar refractivity (Wildman–Crippen MR) is 89.4 cm³/mol. The third-order valence-corrected chi connectivity index (χ3v) is 3.56. The smallest absolute Gasteiger partial charge is 0.308 e. The van der Waals surface area contributed by atoms with Crippen molar-refractivity contribution < 1.29 is 14.3 Å². The highest BCUT2D eigenvalue weighted by Gasteiger charge is 2.13. The van der Waals surface area contributed by atoms with Gasteiger partial charge in [0, 0.05) is 13.0 Å². The predicted octanol–water partition coefficient (Wildman–Crippen LogP) is 2.38. The van der Waals surface area contributed by atoms with Crippen molar-refractivity contribution in [2.45, 2.75) is 13.5 Å². The normalized spacial score (nSPS) is 10.6. The van der Waals surface area contributed by atoms with Crippen molar-refractivity contribution in [3.8, 4) is 11.5 Å². The van der Waals surface area contributed by atoms with Crippen LogP contribution < -0.4 is 15.0 Å². The van der Waals surface area contributed by atoms with Gasteiger partial charge >= 0.3 is 5.97 Å². The molecule has 0 bridgehead atoms. The Balaban J connectivity index is 2.10. The minimum atomic E-state index is -0.485. The van der Waals surface area contributed by atoms with Gasteiger partial charge in [-0.25, -0.2) is 4.98 Å². The lowest BCUT2D eigenvalue weighted by Gasteiger charge is -2.11. The maximum Gasteiger partial charge on any atom is 0.308 e. The Labute approximate surface area is 138 Å². The number of fused-ring (bicyclic) bond motifs is 1. The second kappa shape index (κ2) is 6.54. The maximum atomic E-state index is 12.7. The fourth-order valence-electron chi connectivity index (χ4n) is 2.45. The molecule has 0 aliphatic carbocycles. The van der Waals surface area contributed by atoms with E-state index in [0.717, 1.165) is 5.56 Å². The topological polar surface area (TPSA) is 70.4 Å². The van der Waals surface area contributed by atoms with Gasteiger partial charge in [-0.05, 0) is 11.6 Å². The molecule has 2 aromatic carbocycles. The number of carbonyl (C=O) groups excluding carboxylic acids is 1. The van der Waals surface area contributed by atoms with Crippen LogP contribution in [-0.4, -0.2) is 22.6 Å². The van der Waals surface area contributed by atoms with Crippen LogP contribution in [0.1, 0.15) is 12.5 Å². The van der Waals surface area contributed by atoms with Gasteiger partial charge in [0.25, 0.3) is 5.56 Å². The fourth-order valence-corrected chi connectivity index (χ4v) is 2.45. The first-order chi connectivity index (χ1) is 11.6. The van der Waals surface area contributed by atoms with E-state index in [1.807, 2.05) is 30.3 Å².